The maximum absolute atomic E-state index is 12.4. The molecule has 2 aromatic rings. The van der Waals surface area contributed by atoms with Crippen LogP contribution >= 0.6 is 11.6 Å². The predicted octanol–water partition coefficient (Wildman–Crippen LogP) is 3.93. The van der Waals surface area contributed by atoms with Gasteiger partial charge in [-0.2, -0.15) is 0 Å². The standard InChI is InChI=1S/C18H22ClNO3S/c1-12-5-6-13(2)17(9-12)24(21,22)20-7-8-23-16-10-14(3)18(19)15(4)11-16/h5-6,9-11,20H,7-8H2,1-4H3. The van der Waals surface area contributed by atoms with E-state index in [1.807, 2.05) is 39.0 Å². The molecule has 1 N–H and O–H groups in total. The summed E-state index contributed by atoms with van der Waals surface area (Å²) in [5.74, 6) is 0.681. The summed E-state index contributed by atoms with van der Waals surface area (Å²) in [6.45, 7) is 7.90. The number of hydrogen-bond acceptors (Lipinski definition) is 3. The second-order valence-electron chi connectivity index (χ2n) is 5.89. The quantitative estimate of drug-likeness (QED) is 0.787. The minimum atomic E-state index is -3.54. The lowest BCUT2D eigenvalue weighted by molar-refractivity contribution is 0.322. The van der Waals surface area contributed by atoms with Crippen LogP contribution in [0.25, 0.3) is 0 Å². The van der Waals surface area contributed by atoms with Gasteiger partial charge in [-0.1, -0.05) is 23.7 Å². The van der Waals surface area contributed by atoms with Crippen LogP contribution in [0.1, 0.15) is 22.3 Å². The highest BCUT2D eigenvalue weighted by Crippen LogP contribution is 2.25. The molecule has 0 aliphatic rings. The fourth-order valence-electron chi connectivity index (χ4n) is 2.41. The van der Waals surface area contributed by atoms with Crippen molar-refractivity contribution < 1.29 is 13.2 Å². The molecule has 0 amide bonds. The summed E-state index contributed by atoms with van der Waals surface area (Å²) in [5, 5.41) is 0.720. The van der Waals surface area contributed by atoms with Gasteiger partial charge in [-0.25, -0.2) is 13.1 Å². The van der Waals surface area contributed by atoms with E-state index in [2.05, 4.69) is 4.72 Å². The third-order valence-electron chi connectivity index (χ3n) is 3.71. The summed E-state index contributed by atoms with van der Waals surface area (Å²) in [6.07, 6.45) is 0. The molecule has 0 saturated heterocycles. The number of aryl methyl sites for hydroxylation is 4. The minimum absolute atomic E-state index is 0.191. The van der Waals surface area contributed by atoms with Crippen LogP contribution in [0.2, 0.25) is 5.02 Å². The van der Waals surface area contributed by atoms with Gasteiger partial charge in [0, 0.05) is 11.6 Å². The molecule has 0 atom stereocenters. The van der Waals surface area contributed by atoms with Gasteiger partial charge in [0.2, 0.25) is 10.0 Å². The van der Waals surface area contributed by atoms with E-state index in [0.717, 1.165) is 27.3 Å². The molecule has 0 unspecified atom stereocenters. The van der Waals surface area contributed by atoms with Crippen LogP contribution in [0, 0.1) is 27.7 Å². The summed E-state index contributed by atoms with van der Waals surface area (Å²) in [5.41, 5.74) is 3.49. The van der Waals surface area contributed by atoms with Crippen LogP contribution in [0.3, 0.4) is 0 Å². The summed E-state index contributed by atoms with van der Waals surface area (Å²) in [4.78, 5) is 0.306. The summed E-state index contributed by atoms with van der Waals surface area (Å²) in [6, 6.07) is 9.05. The van der Waals surface area contributed by atoms with Gasteiger partial charge in [-0.3, -0.25) is 0 Å². The molecule has 4 nitrogen and oxygen atoms in total. The van der Waals surface area contributed by atoms with E-state index in [0.29, 0.717) is 10.6 Å². The van der Waals surface area contributed by atoms with E-state index in [1.165, 1.54) is 0 Å². The highest BCUT2D eigenvalue weighted by atomic mass is 35.5. The number of nitrogens with one attached hydrogen (secondary N) is 1. The molecule has 2 rings (SSSR count). The van der Waals surface area contributed by atoms with Crippen molar-refractivity contribution in [2.75, 3.05) is 13.2 Å². The smallest absolute Gasteiger partial charge is 0.240 e. The molecule has 0 saturated carbocycles. The lowest BCUT2D eigenvalue weighted by atomic mass is 10.1. The van der Waals surface area contributed by atoms with Crippen LogP contribution in [0.4, 0.5) is 0 Å². The third kappa shape index (κ3) is 4.50. The Morgan fingerprint density at radius 1 is 1.00 bits per heavy atom. The van der Waals surface area contributed by atoms with Crippen molar-refractivity contribution in [1.29, 1.82) is 0 Å². The predicted molar refractivity (Wildman–Crippen MR) is 97.5 cm³/mol. The molecule has 2 aromatic carbocycles. The molecule has 24 heavy (non-hydrogen) atoms. The SMILES string of the molecule is Cc1ccc(C)c(S(=O)(=O)NCCOc2cc(C)c(Cl)c(C)c2)c1. The Kier molecular flexibility index (Phi) is 5.91. The zero-order valence-corrected chi connectivity index (χ0v) is 15.9. The molecular formula is C18H22ClNO3S. The second kappa shape index (κ2) is 7.55. The zero-order valence-electron chi connectivity index (χ0n) is 14.3. The highest BCUT2D eigenvalue weighted by molar-refractivity contribution is 7.89. The van der Waals surface area contributed by atoms with Crippen LogP contribution in [-0.2, 0) is 10.0 Å². The Bertz CT molecular complexity index is 824. The zero-order chi connectivity index (χ0) is 17.9. The molecule has 0 bridgehead atoms. The van der Waals surface area contributed by atoms with Gasteiger partial charge in [0.25, 0.3) is 0 Å². The van der Waals surface area contributed by atoms with E-state index >= 15 is 0 Å². The number of hydrogen-bond donors (Lipinski definition) is 1. The number of halogens is 1. The molecular weight excluding hydrogens is 346 g/mol. The Hall–Kier alpha value is -1.56. The fourth-order valence-corrected chi connectivity index (χ4v) is 3.86. The lowest BCUT2D eigenvalue weighted by Gasteiger charge is -2.12. The first-order valence-electron chi connectivity index (χ1n) is 7.67. The molecule has 0 aliphatic heterocycles. The van der Waals surface area contributed by atoms with Gasteiger partial charge < -0.3 is 4.74 Å². The van der Waals surface area contributed by atoms with Gasteiger partial charge in [0.15, 0.2) is 0 Å². The topological polar surface area (TPSA) is 55.4 Å². The van der Waals surface area contributed by atoms with Crippen LogP contribution in [-0.4, -0.2) is 21.6 Å². The van der Waals surface area contributed by atoms with Gasteiger partial charge in [0.05, 0.1) is 4.90 Å². The van der Waals surface area contributed by atoms with Crippen molar-refractivity contribution in [3.8, 4) is 5.75 Å². The summed E-state index contributed by atoms with van der Waals surface area (Å²) >= 11 is 6.12. The van der Waals surface area contributed by atoms with Gasteiger partial charge in [-0.05, 0) is 68.1 Å². The Morgan fingerprint density at radius 2 is 1.62 bits per heavy atom. The van der Waals surface area contributed by atoms with Crippen LogP contribution < -0.4 is 9.46 Å². The third-order valence-corrected chi connectivity index (χ3v) is 5.91. The Balaban J connectivity index is 1.98. The molecule has 0 spiro atoms. The molecule has 0 radical (unpaired) electrons. The largest absolute Gasteiger partial charge is 0.492 e. The monoisotopic (exact) mass is 367 g/mol. The average Bonchev–Trinajstić information content (AvgIpc) is 2.51. The van der Waals surface area contributed by atoms with Crippen molar-refractivity contribution in [3.05, 3.63) is 57.6 Å². The van der Waals surface area contributed by atoms with E-state index in [9.17, 15) is 8.42 Å². The highest BCUT2D eigenvalue weighted by Gasteiger charge is 2.16. The summed E-state index contributed by atoms with van der Waals surface area (Å²) in [7, 11) is -3.54. The minimum Gasteiger partial charge on any atom is -0.492 e. The molecule has 6 heteroatoms. The van der Waals surface area contributed by atoms with Gasteiger partial charge in [-0.15, -0.1) is 0 Å². The first kappa shape index (κ1) is 18.8. The maximum Gasteiger partial charge on any atom is 0.240 e. The summed E-state index contributed by atoms with van der Waals surface area (Å²) < 4.78 is 33.0. The average molecular weight is 368 g/mol. The number of ether oxygens (including phenoxy) is 1. The fraction of sp³-hybridized carbons (Fsp3) is 0.333. The molecule has 0 fully saturated rings. The van der Waals surface area contributed by atoms with E-state index in [4.69, 9.17) is 16.3 Å². The molecule has 130 valence electrons. The molecule has 0 aliphatic carbocycles. The van der Waals surface area contributed by atoms with E-state index in [-0.39, 0.29) is 13.2 Å². The molecule has 0 heterocycles. The maximum atomic E-state index is 12.4. The van der Waals surface area contributed by atoms with Crippen LogP contribution in [0.5, 0.6) is 5.75 Å². The number of rotatable bonds is 6. The van der Waals surface area contributed by atoms with Gasteiger partial charge in [0.1, 0.15) is 12.4 Å². The number of benzene rings is 2. The van der Waals surface area contributed by atoms with Crippen molar-refractivity contribution in [3.63, 3.8) is 0 Å². The Labute approximate surface area is 148 Å². The van der Waals surface area contributed by atoms with E-state index in [1.54, 1.807) is 19.1 Å². The van der Waals surface area contributed by atoms with Crippen molar-refractivity contribution in [1.82, 2.24) is 4.72 Å². The van der Waals surface area contributed by atoms with Crippen LogP contribution in [0.15, 0.2) is 35.2 Å². The lowest BCUT2D eigenvalue weighted by Crippen LogP contribution is -2.28. The van der Waals surface area contributed by atoms with Crippen molar-refractivity contribution in [2.45, 2.75) is 32.6 Å². The van der Waals surface area contributed by atoms with E-state index < -0.39 is 10.0 Å². The van der Waals surface area contributed by atoms with Gasteiger partial charge >= 0.3 is 0 Å². The first-order valence-corrected chi connectivity index (χ1v) is 9.53. The van der Waals surface area contributed by atoms with Crippen molar-refractivity contribution in [2.24, 2.45) is 0 Å². The molecule has 0 aromatic heterocycles. The Morgan fingerprint density at radius 3 is 2.25 bits per heavy atom. The normalized spacial score (nSPS) is 11.5. The number of sulfonamides is 1. The second-order valence-corrected chi connectivity index (χ2v) is 8.00. The first-order chi connectivity index (χ1) is 11.2. The van der Waals surface area contributed by atoms with Crippen molar-refractivity contribution >= 4 is 21.6 Å².